The number of nitrogen functional groups attached to an aromatic ring is 1. The number of rotatable bonds is 4. The SMILES string of the molecule is N#Cc1c2c(nc(N)c1-c1ccc(OCc3ccccc3)cc1)CCCC2. The van der Waals surface area contributed by atoms with E-state index in [9.17, 15) is 5.26 Å². The van der Waals surface area contributed by atoms with Gasteiger partial charge >= 0.3 is 0 Å². The fourth-order valence-corrected chi connectivity index (χ4v) is 3.64. The smallest absolute Gasteiger partial charge is 0.132 e. The summed E-state index contributed by atoms with van der Waals surface area (Å²) in [5, 5.41) is 9.77. The van der Waals surface area contributed by atoms with E-state index in [0.29, 0.717) is 18.0 Å². The maximum Gasteiger partial charge on any atom is 0.132 e. The first-order valence-electron chi connectivity index (χ1n) is 9.25. The molecule has 27 heavy (non-hydrogen) atoms. The van der Waals surface area contributed by atoms with Crippen molar-refractivity contribution in [3.8, 4) is 22.9 Å². The number of fused-ring (bicyclic) bond motifs is 1. The third-order valence-electron chi connectivity index (χ3n) is 5.01. The molecule has 1 aliphatic carbocycles. The highest BCUT2D eigenvalue weighted by atomic mass is 16.5. The Morgan fingerprint density at radius 1 is 1.00 bits per heavy atom. The number of anilines is 1. The average molecular weight is 355 g/mol. The van der Waals surface area contributed by atoms with Crippen LogP contribution in [0.15, 0.2) is 54.6 Å². The number of nitriles is 1. The van der Waals surface area contributed by atoms with E-state index in [4.69, 9.17) is 10.5 Å². The number of hydrogen-bond donors (Lipinski definition) is 1. The minimum Gasteiger partial charge on any atom is -0.489 e. The van der Waals surface area contributed by atoms with Crippen LogP contribution in [0.25, 0.3) is 11.1 Å². The molecule has 1 aliphatic rings. The molecule has 0 saturated heterocycles. The normalized spacial score (nSPS) is 12.9. The van der Waals surface area contributed by atoms with Gasteiger partial charge in [0.15, 0.2) is 0 Å². The van der Waals surface area contributed by atoms with Gasteiger partial charge in [0.25, 0.3) is 0 Å². The number of benzene rings is 2. The number of nitrogens with two attached hydrogens (primary N) is 1. The summed E-state index contributed by atoms with van der Waals surface area (Å²) in [5.74, 6) is 1.22. The van der Waals surface area contributed by atoms with Crippen LogP contribution in [0.3, 0.4) is 0 Å². The minimum atomic E-state index is 0.435. The second-order valence-corrected chi connectivity index (χ2v) is 6.79. The van der Waals surface area contributed by atoms with E-state index < -0.39 is 0 Å². The molecule has 2 N–H and O–H groups in total. The fraction of sp³-hybridized carbons (Fsp3) is 0.217. The molecule has 0 saturated carbocycles. The first kappa shape index (κ1) is 17.1. The van der Waals surface area contributed by atoms with Gasteiger partial charge in [-0.25, -0.2) is 4.98 Å². The third-order valence-corrected chi connectivity index (χ3v) is 5.01. The lowest BCUT2D eigenvalue weighted by molar-refractivity contribution is 0.306. The summed E-state index contributed by atoms with van der Waals surface area (Å²) in [4.78, 5) is 4.59. The van der Waals surface area contributed by atoms with E-state index in [-0.39, 0.29) is 0 Å². The molecule has 1 aromatic heterocycles. The van der Waals surface area contributed by atoms with Crippen molar-refractivity contribution in [1.29, 1.82) is 5.26 Å². The quantitative estimate of drug-likeness (QED) is 0.739. The molecule has 4 nitrogen and oxygen atoms in total. The molecular formula is C23H21N3O. The number of aromatic nitrogens is 1. The van der Waals surface area contributed by atoms with Crippen LogP contribution in [0.2, 0.25) is 0 Å². The van der Waals surface area contributed by atoms with Gasteiger partial charge in [-0.3, -0.25) is 0 Å². The summed E-state index contributed by atoms with van der Waals surface area (Å²) >= 11 is 0. The second kappa shape index (κ2) is 7.51. The number of hydrogen-bond acceptors (Lipinski definition) is 4. The number of nitrogens with zero attached hydrogens (tertiary/aromatic N) is 2. The van der Waals surface area contributed by atoms with Gasteiger partial charge in [-0.2, -0.15) is 5.26 Å². The Labute approximate surface area is 159 Å². The molecular weight excluding hydrogens is 334 g/mol. The second-order valence-electron chi connectivity index (χ2n) is 6.79. The van der Waals surface area contributed by atoms with Gasteiger partial charge in [0.1, 0.15) is 24.2 Å². The van der Waals surface area contributed by atoms with Crippen molar-refractivity contribution in [1.82, 2.24) is 4.98 Å². The van der Waals surface area contributed by atoms with Gasteiger partial charge in [0, 0.05) is 11.3 Å². The van der Waals surface area contributed by atoms with Gasteiger partial charge in [-0.05, 0) is 54.5 Å². The Hall–Kier alpha value is -3.32. The van der Waals surface area contributed by atoms with Crippen LogP contribution in [0.4, 0.5) is 5.82 Å². The van der Waals surface area contributed by atoms with Gasteiger partial charge < -0.3 is 10.5 Å². The Morgan fingerprint density at radius 2 is 1.74 bits per heavy atom. The van der Waals surface area contributed by atoms with E-state index in [1.54, 1.807) is 0 Å². The Balaban J connectivity index is 1.61. The molecule has 0 spiro atoms. The molecule has 0 atom stereocenters. The summed E-state index contributed by atoms with van der Waals surface area (Å²) in [6, 6.07) is 20.2. The number of aryl methyl sites for hydroxylation is 1. The monoisotopic (exact) mass is 355 g/mol. The highest BCUT2D eigenvalue weighted by Gasteiger charge is 2.21. The Morgan fingerprint density at radius 3 is 2.48 bits per heavy atom. The first-order valence-corrected chi connectivity index (χ1v) is 9.25. The number of ether oxygens (including phenoxy) is 1. The van der Waals surface area contributed by atoms with Crippen molar-refractivity contribution in [2.75, 3.05) is 5.73 Å². The van der Waals surface area contributed by atoms with Crippen LogP contribution in [0.5, 0.6) is 5.75 Å². The van der Waals surface area contributed by atoms with E-state index in [1.165, 1.54) is 0 Å². The molecule has 1 heterocycles. The van der Waals surface area contributed by atoms with Crippen molar-refractivity contribution >= 4 is 5.82 Å². The van der Waals surface area contributed by atoms with Gasteiger partial charge in [-0.1, -0.05) is 42.5 Å². The third kappa shape index (κ3) is 3.50. The predicted molar refractivity (Wildman–Crippen MR) is 106 cm³/mol. The lowest BCUT2D eigenvalue weighted by atomic mass is 9.88. The van der Waals surface area contributed by atoms with E-state index in [1.807, 2.05) is 54.6 Å². The lowest BCUT2D eigenvalue weighted by Crippen LogP contribution is -2.11. The summed E-state index contributed by atoms with van der Waals surface area (Å²) in [7, 11) is 0. The largest absolute Gasteiger partial charge is 0.489 e. The molecule has 4 rings (SSSR count). The topological polar surface area (TPSA) is 71.9 Å². The van der Waals surface area contributed by atoms with E-state index in [2.05, 4.69) is 11.1 Å². The zero-order valence-corrected chi connectivity index (χ0v) is 15.1. The van der Waals surface area contributed by atoms with Crippen molar-refractivity contribution < 1.29 is 4.74 Å². The van der Waals surface area contributed by atoms with Crippen LogP contribution in [0.1, 0.15) is 35.2 Å². The van der Waals surface area contributed by atoms with Crippen LogP contribution < -0.4 is 10.5 Å². The van der Waals surface area contributed by atoms with E-state index >= 15 is 0 Å². The molecule has 0 fully saturated rings. The summed E-state index contributed by atoms with van der Waals surface area (Å²) < 4.78 is 5.85. The molecule has 0 bridgehead atoms. The van der Waals surface area contributed by atoms with Gasteiger partial charge in [-0.15, -0.1) is 0 Å². The van der Waals surface area contributed by atoms with E-state index in [0.717, 1.165) is 59.4 Å². The molecule has 0 amide bonds. The molecule has 0 unspecified atom stereocenters. The maximum atomic E-state index is 9.77. The molecule has 134 valence electrons. The molecule has 0 radical (unpaired) electrons. The minimum absolute atomic E-state index is 0.435. The fourth-order valence-electron chi connectivity index (χ4n) is 3.64. The van der Waals surface area contributed by atoms with Crippen LogP contribution >= 0.6 is 0 Å². The Bertz CT molecular complexity index is 989. The average Bonchev–Trinajstić information content (AvgIpc) is 2.72. The van der Waals surface area contributed by atoms with Gasteiger partial charge in [0.2, 0.25) is 0 Å². The van der Waals surface area contributed by atoms with Crippen molar-refractivity contribution in [2.24, 2.45) is 0 Å². The highest BCUT2D eigenvalue weighted by Crippen LogP contribution is 2.35. The van der Waals surface area contributed by atoms with Crippen molar-refractivity contribution in [3.63, 3.8) is 0 Å². The van der Waals surface area contributed by atoms with Crippen molar-refractivity contribution in [3.05, 3.63) is 77.0 Å². The van der Waals surface area contributed by atoms with Crippen LogP contribution in [-0.2, 0) is 19.4 Å². The standard InChI is InChI=1S/C23H21N3O/c24-14-20-19-8-4-5-9-21(19)26-23(25)22(20)17-10-12-18(13-11-17)27-15-16-6-2-1-3-7-16/h1-3,6-7,10-13H,4-5,8-9,15H2,(H2,25,26). The summed E-state index contributed by atoms with van der Waals surface area (Å²) in [6.45, 7) is 0.520. The van der Waals surface area contributed by atoms with Crippen molar-refractivity contribution in [2.45, 2.75) is 32.3 Å². The molecule has 2 aromatic carbocycles. The first-order chi connectivity index (χ1) is 13.3. The Kier molecular flexibility index (Phi) is 4.76. The molecule has 3 aromatic rings. The molecule has 0 aliphatic heterocycles. The van der Waals surface area contributed by atoms with Gasteiger partial charge in [0.05, 0.1) is 5.56 Å². The number of pyridine rings is 1. The lowest BCUT2D eigenvalue weighted by Gasteiger charge is -2.20. The maximum absolute atomic E-state index is 9.77. The zero-order valence-electron chi connectivity index (χ0n) is 15.1. The summed E-state index contributed by atoms with van der Waals surface area (Å²) in [6.07, 6.45) is 4.01. The van der Waals surface area contributed by atoms with Crippen LogP contribution in [-0.4, -0.2) is 4.98 Å². The zero-order chi connectivity index (χ0) is 18.6. The predicted octanol–water partition coefficient (Wildman–Crippen LogP) is 4.66. The molecule has 4 heteroatoms. The summed E-state index contributed by atoms with van der Waals surface area (Å²) in [5.41, 5.74) is 11.7. The van der Waals surface area contributed by atoms with Crippen LogP contribution in [0, 0.1) is 11.3 Å². The highest BCUT2D eigenvalue weighted by molar-refractivity contribution is 5.81.